The Morgan fingerprint density at radius 2 is 1.59 bits per heavy atom. The highest BCUT2D eigenvalue weighted by Crippen LogP contribution is 2.29. The third-order valence-electron chi connectivity index (χ3n) is 2.11. The normalized spacial score (nSPS) is 12.5. The molecular weight excluding hydrogens is 270 g/mol. The second kappa shape index (κ2) is 4.26. The van der Waals surface area contributed by atoms with E-state index in [1.54, 1.807) is 0 Å². The number of rotatable bonds is 3. The van der Waals surface area contributed by atoms with Crippen LogP contribution in [0.5, 0.6) is 0 Å². The van der Waals surface area contributed by atoms with E-state index in [0.29, 0.717) is 0 Å². The van der Waals surface area contributed by atoms with Gasteiger partial charge in [0.1, 0.15) is 4.90 Å². The fraction of sp³-hybridized carbons (Fsp3) is 0.250. The van der Waals surface area contributed by atoms with Crippen LogP contribution in [0.3, 0.4) is 0 Å². The predicted octanol–water partition coefficient (Wildman–Crippen LogP) is 0.354. The molecule has 1 radical (unpaired) electrons. The molecule has 1 aromatic rings. The molecule has 17 heavy (non-hydrogen) atoms. The van der Waals surface area contributed by atoms with Crippen LogP contribution in [0, 0.1) is 6.92 Å². The maximum atomic E-state index is 11.1. The van der Waals surface area contributed by atoms with Gasteiger partial charge in [-0.3, -0.25) is 14.4 Å². The fourth-order valence-corrected chi connectivity index (χ4v) is 3.15. The lowest BCUT2D eigenvalue weighted by molar-refractivity contribution is 0.479. The van der Waals surface area contributed by atoms with Gasteiger partial charge in [-0.05, 0) is 24.6 Å². The molecule has 0 saturated heterocycles. The maximum absolute atomic E-state index is 11.1. The van der Waals surface area contributed by atoms with E-state index in [1.807, 2.05) is 0 Å². The van der Waals surface area contributed by atoms with Gasteiger partial charge in [0.15, 0.2) is 0 Å². The molecule has 0 aliphatic heterocycles. The zero-order valence-electron chi connectivity index (χ0n) is 8.95. The first-order valence-electron chi connectivity index (χ1n) is 4.27. The van der Waals surface area contributed by atoms with E-state index < -0.39 is 30.0 Å². The Morgan fingerprint density at radius 1 is 1.06 bits per heavy atom. The third-order valence-corrected chi connectivity index (χ3v) is 4.14. The van der Waals surface area contributed by atoms with Gasteiger partial charge in [-0.2, -0.15) is 16.8 Å². The second-order valence-corrected chi connectivity index (χ2v) is 5.96. The molecule has 7 nitrogen and oxygen atoms in total. The zero-order chi connectivity index (χ0) is 13.4. The van der Waals surface area contributed by atoms with Crippen molar-refractivity contribution in [1.82, 2.24) is 5.32 Å². The topological polar surface area (TPSA) is 123 Å². The minimum absolute atomic E-state index is 0.0857. The van der Waals surface area contributed by atoms with Crippen LogP contribution in [0.25, 0.3) is 0 Å². The van der Waals surface area contributed by atoms with Crippen molar-refractivity contribution in [3.8, 4) is 0 Å². The molecule has 95 valence electrons. The SMILES string of the molecule is C[N]c1ccc(S(=O)(=O)O)c(C)c1S(=O)(=O)O. The first-order valence-corrected chi connectivity index (χ1v) is 7.15. The van der Waals surface area contributed by atoms with Crippen LogP contribution in [-0.2, 0) is 20.2 Å². The first-order chi connectivity index (χ1) is 7.59. The van der Waals surface area contributed by atoms with Crippen LogP contribution >= 0.6 is 0 Å². The summed E-state index contributed by atoms with van der Waals surface area (Å²) in [6.07, 6.45) is 0. The largest absolute Gasteiger partial charge is 0.296 e. The van der Waals surface area contributed by atoms with Crippen molar-refractivity contribution in [3.63, 3.8) is 0 Å². The zero-order valence-corrected chi connectivity index (χ0v) is 10.6. The highest BCUT2D eigenvalue weighted by Gasteiger charge is 2.25. The summed E-state index contributed by atoms with van der Waals surface area (Å²) in [5, 5.41) is 3.61. The second-order valence-electron chi connectivity index (χ2n) is 3.21. The van der Waals surface area contributed by atoms with Crippen LogP contribution in [0.4, 0.5) is 5.69 Å². The molecule has 0 aliphatic rings. The van der Waals surface area contributed by atoms with E-state index in [-0.39, 0.29) is 11.3 Å². The molecule has 0 amide bonds. The van der Waals surface area contributed by atoms with E-state index in [0.717, 1.165) is 19.1 Å². The highest BCUT2D eigenvalue weighted by molar-refractivity contribution is 7.86. The van der Waals surface area contributed by atoms with Crippen LogP contribution < -0.4 is 5.32 Å². The van der Waals surface area contributed by atoms with Crippen LogP contribution in [0.1, 0.15) is 5.56 Å². The van der Waals surface area contributed by atoms with Gasteiger partial charge in [0.25, 0.3) is 20.2 Å². The summed E-state index contributed by atoms with van der Waals surface area (Å²) in [5.74, 6) is 0. The number of hydrogen-bond donors (Lipinski definition) is 2. The monoisotopic (exact) mass is 280 g/mol. The van der Waals surface area contributed by atoms with Crippen molar-refractivity contribution in [1.29, 1.82) is 0 Å². The van der Waals surface area contributed by atoms with Crippen molar-refractivity contribution < 1.29 is 25.9 Å². The lowest BCUT2D eigenvalue weighted by atomic mass is 10.2. The molecule has 0 bridgehead atoms. The average Bonchev–Trinajstić information content (AvgIpc) is 2.12. The third kappa shape index (κ3) is 2.75. The van der Waals surface area contributed by atoms with Crippen molar-refractivity contribution in [3.05, 3.63) is 17.7 Å². The van der Waals surface area contributed by atoms with E-state index in [2.05, 4.69) is 5.32 Å². The molecule has 2 N–H and O–H groups in total. The standard InChI is InChI=1S/C8H10NO6S2/c1-5-7(16(10,11)12)4-3-6(9-2)8(5)17(13,14)15/h3-4H,1-2H3,(H,10,11,12)(H,13,14,15). The molecule has 0 aromatic heterocycles. The molecule has 1 aromatic carbocycles. The first kappa shape index (κ1) is 13.9. The quantitative estimate of drug-likeness (QED) is 0.770. The Labute approximate surface area is 99.0 Å². The molecule has 0 aliphatic carbocycles. The number of nitrogens with zero attached hydrogens (tertiary/aromatic N) is 1. The summed E-state index contributed by atoms with van der Waals surface area (Å²) in [7, 11) is -7.90. The Morgan fingerprint density at radius 3 is 1.94 bits per heavy atom. The van der Waals surface area contributed by atoms with Crippen LogP contribution in [-0.4, -0.2) is 33.0 Å². The molecule has 9 heteroatoms. The molecule has 0 spiro atoms. The summed E-state index contributed by atoms with van der Waals surface area (Å²) in [6.45, 7) is 1.15. The molecule has 0 unspecified atom stereocenters. The van der Waals surface area contributed by atoms with Crippen molar-refractivity contribution in [2.75, 3.05) is 7.05 Å². The van der Waals surface area contributed by atoms with Gasteiger partial charge in [-0.25, -0.2) is 0 Å². The van der Waals surface area contributed by atoms with Gasteiger partial charge < -0.3 is 0 Å². The lowest BCUT2D eigenvalue weighted by Crippen LogP contribution is -2.10. The van der Waals surface area contributed by atoms with Gasteiger partial charge >= 0.3 is 0 Å². The molecular formula is C8H10NO6S2. The Hall–Kier alpha value is -1.16. The van der Waals surface area contributed by atoms with Crippen molar-refractivity contribution in [2.24, 2.45) is 0 Å². The van der Waals surface area contributed by atoms with Gasteiger partial charge in [0, 0.05) is 7.05 Å². The molecule has 0 fully saturated rings. The highest BCUT2D eigenvalue weighted by atomic mass is 32.2. The predicted molar refractivity (Wildman–Crippen MR) is 58.5 cm³/mol. The summed E-state index contributed by atoms with van der Waals surface area (Å²) < 4.78 is 62.1. The minimum atomic E-state index is -4.63. The smallest absolute Gasteiger partial charge is 0.287 e. The Bertz CT molecular complexity index is 647. The number of hydrogen-bond acceptors (Lipinski definition) is 4. The van der Waals surface area contributed by atoms with E-state index in [9.17, 15) is 16.8 Å². The van der Waals surface area contributed by atoms with Crippen LogP contribution in [0.15, 0.2) is 21.9 Å². The van der Waals surface area contributed by atoms with Gasteiger partial charge in [-0.15, -0.1) is 0 Å². The molecule has 0 heterocycles. The minimum Gasteiger partial charge on any atom is -0.287 e. The summed E-state index contributed by atoms with van der Waals surface area (Å²) >= 11 is 0. The summed E-state index contributed by atoms with van der Waals surface area (Å²) in [5.41, 5.74) is -0.365. The summed E-state index contributed by atoms with van der Waals surface area (Å²) in [4.78, 5) is -1.22. The number of benzene rings is 1. The van der Waals surface area contributed by atoms with Crippen LogP contribution in [0.2, 0.25) is 0 Å². The fourth-order valence-electron chi connectivity index (χ4n) is 1.44. The van der Waals surface area contributed by atoms with Crippen molar-refractivity contribution >= 4 is 25.9 Å². The Kier molecular flexibility index (Phi) is 3.48. The van der Waals surface area contributed by atoms with E-state index in [4.69, 9.17) is 9.11 Å². The van der Waals surface area contributed by atoms with Crippen molar-refractivity contribution in [2.45, 2.75) is 16.7 Å². The average molecular weight is 280 g/mol. The van der Waals surface area contributed by atoms with E-state index in [1.165, 1.54) is 7.05 Å². The summed E-state index contributed by atoms with van der Waals surface area (Å²) in [6, 6.07) is 2.10. The molecule has 0 atom stereocenters. The maximum Gasteiger partial charge on any atom is 0.296 e. The Balaban J connectivity index is 3.80. The van der Waals surface area contributed by atoms with Gasteiger partial charge in [0.2, 0.25) is 0 Å². The molecule has 1 rings (SSSR count). The van der Waals surface area contributed by atoms with E-state index >= 15 is 0 Å². The lowest BCUT2D eigenvalue weighted by Gasteiger charge is -2.10. The van der Waals surface area contributed by atoms with Gasteiger partial charge in [-0.1, -0.05) is 0 Å². The molecule has 0 saturated carbocycles. The van der Waals surface area contributed by atoms with Gasteiger partial charge in [0.05, 0.1) is 10.6 Å².